The van der Waals surface area contributed by atoms with Gasteiger partial charge >= 0.3 is 5.97 Å². The first-order chi connectivity index (χ1) is 9.04. The number of ether oxygens (including phenoxy) is 1. The van der Waals surface area contributed by atoms with E-state index in [0.29, 0.717) is 12.2 Å². The quantitative estimate of drug-likeness (QED) is 0.608. The number of hydrogen-bond acceptors (Lipinski definition) is 2. The molecule has 0 saturated heterocycles. The van der Waals surface area contributed by atoms with E-state index in [2.05, 4.69) is 51.4 Å². The van der Waals surface area contributed by atoms with Crippen molar-refractivity contribution >= 4 is 28.6 Å². The van der Waals surface area contributed by atoms with Crippen LogP contribution in [-0.2, 0) is 4.74 Å². The van der Waals surface area contributed by atoms with Gasteiger partial charge in [-0.05, 0) is 73.7 Å². The lowest BCUT2D eigenvalue weighted by Gasteiger charge is -2.10. The molecule has 0 N–H and O–H groups in total. The van der Waals surface area contributed by atoms with E-state index in [1.165, 1.54) is 3.57 Å². The molecule has 0 bridgehead atoms. The number of carbonyl (C=O) groups excluding carboxylic acids is 1. The predicted octanol–water partition coefficient (Wildman–Crippen LogP) is 3.88. The smallest absolute Gasteiger partial charge is 0.339 e. The van der Waals surface area contributed by atoms with E-state index in [1.54, 1.807) is 0 Å². The number of esters is 1. The van der Waals surface area contributed by atoms with E-state index in [4.69, 9.17) is 4.74 Å². The fraction of sp³-hybridized carbons (Fsp3) is 0.267. The van der Waals surface area contributed by atoms with Crippen molar-refractivity contribution in [3.8, 4) is 5.69 Å². The zero-order valence-electron chi connectivity index (χ0n) is 11.2. The average molecular weight is 369 g/mol. The Balaban J connectivity index is 2.47. The molecule has 0 aliphatic carbocycles. The minimum Gasteiger partial charge on any atom is -0.462 e. The highest BCUT2D eigenvalue weighted by Gasteiger charge is 2.17. The third kappa shape index (κ3) is 2.83. The molecule has 3 nitrogen and oxygen atoms in total. The van der Waals surface area contributed by atoms with Crippen molar-refractivity contribution < 1.29 is 9.53 Å². The molecular formula is C15H16INO2. The van der Waals surface area contributed by atoms with Crippen LogP contribution in [0, 0.1) is 17.4 Å². The molecular weight excluding hydrogens is 353 g/mol. The van der Waals surface area contributed by atoms with Crippen LogP contribution in [-0.4, -0.2) is 17.1 Å². The number of halogens is 1. The maximum absolute atomic E-state index is 11.9. The summed E-state index contributed by atoms with van der Waals surface area (Å²) in [4.78, 5) is 11.9. The predicted molar refractivity (Wildman–Crippen MR) is 83.9 cm³/mol. The van der Waals surface area contributed by atoms with Crippen molar-refractivity contribution in [2.24, 2.45) is 0 Å². The first-order valence-corrected chi connectivity index (χ1v) is 7.24. The van der Waals surface area contributed by atoms with Gasteiger partial charge in [0.25, 0.3) is 0 Å². The highest BCUT2D eigenvalue weighted by Crippen LogP contribution is 2.22. The van der Waals surface area contributed by atoms with Crippen LogP contribution in [0.15, 0.2) is 30.3 Å². The van der Waals surface area contributed by atoms with E-state index < -0.39 is 0 Å². The molecule has 1 aromatic heterocycles. The lowest BCUT2D eigenvalue weighted by atomic mass is 10.2. The van der Waals surface area contributed by atoms with Gasteiger partial charge in [-0.25, -0.2) is 4.79 Å². The minimum atomic E-state index is -0.257. The lowest BCUT2D eigenvalue weighted by Crippen LogP contribution is -2.06. The van der Waals surface area contributed by atoms with Gasteiger partial charge in [-0.2, -0.15) is 0 Å². The fourth-order valence-corrected chi connectivity index (χ4v) is 2.53. The molecule has 100 valence electrons. The number of aromatic nitrogens is 1. The summed E-state index contributed by atoms with van der Waals surface area (Å²) in [5.41, 5.74) is 3.64. The average Bonchev–Trinajstić information content (AvgIpc) is 2.67. The second kappa shape index (κ2) is 5.77. The number of aryl methyl sites for hydroxylation is 1. The largest absolute Gasteiger partial charge is 0.462 e. The van der Waals surface area contributed by atoms with Gasteiger partial charge in [0.1, 0.15) is 0 Å². The molecule has 0 atom stereocenters. The Bertz CT molecular complexity index is 599. The summed E-state index contributed by atoms with van der Waals surface area (Å²) in [7, 11) is 0. The summed E-state index contributed by atoms with van der Waals surface area (Å²) in [6.07, 6.45) is 0. The second-order valence-electron chi connectivity index (χ2n) is 4.32. The van der Waals surface area contributed by atoms with Crippen LogP contribution in [0.5, 0.6) is 0 Å². The molecule has 1 aromatic carbocycles. The van der Waals surface area contributed by atoms with E-state index >= 15 is 0 Å². The SMILES string of the molecule is CCOC(=O)c1cc(C)n(-c2ccc(I)cc2)c1C. The Morgan fingerprint density at radius 2 is 1.89 bits per heavy atom. The Hall–Kier alpha value is -1.30. The first-order valence-electron chi connectivity index (χ1n) is 6.16. The van der Waals surface area contributed by atoms with Gasteiger partial charge in [-0.15, -0.1) is 0 Å². The number of carbonyl (C=O) groups is 1. The van der Waals surface area contributed by atoms with Crippen LogP contribution < -0.4 is 0 Å². The highest BCUT2D eigenvalue weighted by molar-refractivity contribution is 14.1. The number of hydrogen-bond donors (Lipinski definition) is 0. The summed E-state index contributed by atoms with van der Waals surface area (Å²) >= 11 is 2.28. The molecule has 2 rings (SSSR count). The molecule has 0 radical (unpaired) electrons. The third-order valence-corrected chi connectivity index (χ3v) is 3.73. The van der Waals surface area contributed by atoms with Crippen LogP contribution >= 0.6 is 22.6 Å². The third-order valence-electron chi connectivity index (χ3n) is 3.01. The van der Waals surface area contributed by atoms with Crippen LogP contribution in [0.2, 0.25) is 0 Å². The molecule has 0 spiro atoms. The maximum atomic E-state index is 11.9. The fourth-order valence-electron chi connectivity index (χ4n) is 2.17. The van der Waals surface area contributed by atoms with Crippen molar-refractivity contribution in [2.75, 3.05) is 6.61 Å². The Morgan fingerprint density at radius 3 is 2.47 bits per heavy atom. The molecule has 4 heteroatoms. The van der Waals surface area contributed by atoms with Crippen molar-refractivity contribution in [3.63, 3.8) is 0 Å². The van der Waals surface area contributed by atoms with Gasteiger partial charge in [-0.1, -0.05) is 0 Å². The van der Waals surface area contributed by atoms with E-state index in [0.717, 1.165) is 17.1 Å². The Morgan fingerprint density at radius 1 is 1.26 bits per heavy atom. The molecule has 19 heavy (non-hydrogen) atoms. The van der Waals surface area contributed by atoms with Gasteiger partial charge in [-0.3, -0.25) is 0 Å². The van der Waals surface area contributed by atoms with Crippen LogP contribution in [0.1, 0.15) is 28.7 Å². The number of rotatable bonds is 3. The van der Waals surface area contributed by atoms with Gasteiger partial charge in [0.05, 0.1) is 12.2 Å². The van der Waals surface area contributed by atoms with Crippen molar-refractivity contribution in [1.29, 1.82) is 0 Å². The highest BCUT2D eigenvalue weighted by atomic mass is 127. The van der Waals surface area contributed by atoms with Crippen molar-refractivity contribution in [3.05, 3.63) is 50.9 Å². The first kappa shape index (κ1) is 14.1. The summed E-state index contributed by atoms with van der Waals surface area (Å²) in [6, 6.07) is 10.1. The molecule has 0 unspecified atom stereocenters. The Labute approximate surface area is 126 Å². The summed E-state index contributed by atoms with van der Waals surface area (Å²) < 4.78 is 8.34. The monoisotopic (exact) mass is 369 g/mol. The summed E-state index contributed by atoms with van der Waals surface area (Å²) in [5, 5.41) is 0. The topological polar surface area (TPSA) is 31.2 Å². The Kier molecular flexibility index (Phi) is 4.29. The molecule has 1 heterocycles. The van der Waals surface area contributed by atoms with E-state index in [1.807, 2.05) is 26.8 Å². The summed E-state index contributed by atoms with van der Waals surface area (Å²) in [6.45, 7) is 6.15. The molecule has 0 fully saturated rings. The normalized spacial score (nSPS) is 10.5. The van der Waals surface area contributed by atoms with Crippen LogP contribution in [0.3, 0.4) is 0 Å². The van der Waals surface area contributed by atoms with Crippen LogP contribution in [0.25, 0.3) is 5.69 Å². The van der Waals surface area contributed by atoms with Crippen LogP contribution in [0.4, 0.5) is 0 Å². The molecule has 0 amide bonds. The van der Waals surface area contributed by atoms with Crippen molar-refractivity contribution in [2.45, 2.75) is 20.8 Å². The maximum Gasteiger partial charge on any atom is 0.339 e. The number of nitrogens with zero attached hydrogens (tertiary/aromatic N) is 1. The molecule has 2 aromatic rings. The minimum absolute atomic E-state index is 0.257. The van der Waals surface area contributed by atoms with Gasteiger partial charge in [0.2, 0.25) is 0 Å². The lowest BCUT2D eigenvalue weighted by molar-refractivity contribution is 0.0525. The van der Waals surface area contributed by atoms with E-state index in [-0.39, 0.29) is 5.97 Å². The zero-order chi connectivity index (χ0) is 14.0. The van der Waals surface area contributed by atoms with Gasteiger partial charge < -0.3 is 9.30 Å². The number of benzene rings is 1. The van der Waals surface area contributed by atoms with Gasteiger partial charge in [0, 0.05) is 20.6 Å². The van der Waals surface area contributed by atoms with Gasteiger partial charge in [0.15, 0.2) is 0 Å². The van der Waals surface area contributed by atoms with E-state index in [9.17, 15) is 4.79 Å². The molecule has 0 saturated carbocycles. The zero-order valence-corrected chi connectivity index (χ0v) is 13.4. The second-order valence-corrected chi connectivity index (χ2v) is 5.56. The standard InChI is InChI=1S/C15H16INO2/c1-4-19-15(18)14-9-10(2)17(11(14)3)13-7-5-12(16)6-8-13/h5-9H,4H2,1-3H3. The summed E-state index contributed by atoms with van der Waals surface area (Å²) in [5.74, 6) is -0.257. The molecule has 0 aliphatic heterocycles. The molecule has 0 aliphatic rings. The van der Waals surface area contributed by atoms with Crippen molar-refractivity contribution in [1.82, 2.24) is 4.57 Å².